The van der Waals surface area contributed by atoms with Crippen molar-refractivity contribution in [3.8, 4) is 0 Å². The summed E-state index contributed by atoms with van der Waals surface area (Å²) in [6, 6.07) is 3.88. The van der Waals surface area contributed by atoms with E-state index in [0.717, 1.165) is 16.8 Å². The van der Waals surface area contributed by atoms with Gasteiger partial charge in [-0.05, 0) is 47.1 Å². The Morgan fingerprint density at radius 1 is 1.14 bits per heavy atom. The van der Waals surface area contributed by atoms with Crippen molar-refractivity contribution in [3.63, 3.8) is 0 Å². The molecule has 0 saturated heterocycles. The maximum atomic E-state index is 11.5. The van der Waals surface area contributed by atoms with Gasteiger partial charge in [0.1, 0.15) is 11.9 Å². The van der Waals surface area contributed by atoms with Crippen LogP contribution in [0.2, 0.25) is 0 Å². The van der Waals surface area contributed by atoms with Crippen molar-refractivity contribution in [3.05, 3.63) is 103 Å². The molecule has 0 radical (unpaired) electrons. The van der Waals surface area contributed by atoms with Crippen molar-refractivity contribution < 1.29 is 5.11 Å². The lowest BCUT2D eigenvalue weighted by atomic mass is 9.87. The molecule has 1 N–H and O–H groups in total. The number of aliphatic hydroxyl groups is 1. The molecule has 0 aliphatic heterocycles. The minimum Gasteiger partial charge on any atom is -0.383 e. The fraction of sp³-hybridized carbons (Fsp3) is 0.217. The summed E-state index contributed by atoms with van der Waals surface area (Å²) in [5, 5.41) is 22.7. The third kappa shape index (κ3) is 6.05. The van der Waals surface area contributed by atoms with Crippen molar-refractivity contribution in [1.82, 2.24) is 25.2 Å². The van der Waals surface area contributed by atoms with Gasteiger partial charge in [-0.1, -0.05) is 67.8 Å². The summed E-state index contributed by atoms with van der Waals surface area (Å²) in [5.74, 6) is 0. The predicted molar refractivity (Wildman–Crippen MR) is 117 cm³/mol. The van der Waals surface area contributed by atoms with E-state index in [-0.39, 0.29) is 13.0 Å². The van der Waals surface area contributed by atoms with Crippen LogP contribution in [0.3, 0.4) is 0 Å². The number of rotatable bonds is 10. The van der Waals surface area contributed by atoms with Crippen LogP contribution in [0.5, 0.6) is 0 Å². The first kappa shape index (κ1) is 21.9. The third-order valence-electron chi connectivity index (χ3n) is 4.36. The summed E-state index contributed by atoms with van der Waals surface area (Å²) in [4.78, 5) is 4.55. The van der Waals surface area contributed by atoms with E-state index >= 15 is 0 Å². The highest BCUT2D eigenvalue weighted by Crippen LogP contribution is 2.26. The largest absolute Gasteiger partial charge is 0.383 e. The fourth-order valence-electron chi connectivity index (χ4n) is 2.86. The molecule has 29 heavy (non-hydrogen) atoms. The summed E-state index contributed by atoms with van der Waals surface area (Å²) >= 11 is 0. The molecule has 1 atom stereocenters. The lowest BCUT2D eigenvalue weighted by Gasteiger charge is -2.29. The van der Waals surface area contributed by atoms with E-state index in [9.17, 15) is 5.11 Å². The Hall–Kier alpha value is -3.38. The highest BCUT2D eigenvalue weighted by Gasteiger charge is 2.32. The van der Waals surface area contributed by atoms with Crippen LogP contribution >= 0.6 is 0 Å². The predicted octanol–water partition coefficient (Wildman–Crippen LogP) is 3.88. The van der Waals surface area contributed by atoms with Crippen molar-refractivity contribution in [2.24, 2.45) is 0 Å². The van der Waals surface area contributed by atoms with Gasteiger partial charge in [-0.3, -0.25) is 4.98 Å². The second-order valence-electron chi connectivity index (χ2n) is 6.46. The zero-order valence-corrected chi connectivity index (χ0v) is 16.9. The van der Waals surface area contributed by atoms with Gasteiger partial charge in [0.25, 0.3) is 0 Å². The Labute approximate surface area is 172 Å². The number of tetrazole rings is 1. The van der Waals surface area contributed by atoms with Crippen LogP contribution < -0.4 is 0 Å². The van der Waals surface area contributed by atoms with Gasteiger partial charge in [0, 0.05) is 18.3 Å². The number of hydrogen-bond donors (Lipinski definition) is 1. The van der Waals surface area contributed by atoms with Crippen molar-refractivity contribution in [1.29, 1.82) is 0 Å². The SMILES string of the molecule is C=C/C(=C\C=C/C)c1ccc(C[C@](O)(Cn2cnnn2)/C(C=C)=C/C=C\C)nc1. The minimum absolute atomic E-state index is 0.179. The van der Waals surface area contributed by atoms with Gasteiger partial charge < -0.3 is 5.11 Å². The maximum Gasteiger partial charge on any atom is 0.138 e. The summed E-state index contributed by atoms with van der Waals surface area (Å²) in [7, 11) is 0. The first-order chi connectivity index (χ1) is 14.1. The zero-order chi connectivity index (χ0) is 21.1. The van der Waals surface area contributed by atoms with Gasteiger partial charge in [0.05, 0.1) is 6.54 Å². The van der Waals surface area contributed by atoms with Gasteiger partial charge >= 0.3 is 0 Å². The Balaban J connectivity index is 2.35. The molecular weight excluding hydrogens is 362 g/mol. The standard InChI is InChI=1S/C23H27N5O/c1-5-9-11-19(7-3)20-13-14-22(24-16-20)15-23(29,17-28-18-25-26-27-28)21(8-4)12-10-6-2/h5-14,16,18,29H,3-4,15,17H2,1-2H3/b9-5-,10-6-,19-11+,21-12+/t23-/m0/s1. The molecule has 0 amide bonds. The van der Waals surface area contributed by atoms with Gasteiger partial charge in [0.2, 0.25) is 0 Å². The van der Waals surface area contributed by atoms with Gasteiger partial charge in [-0.2, -0.15) is 0 Å². The van der Waals surface area contributed by atoms with Gasteiger partial charge in [-0.25, -0.2) is 4.68 Å². The van der Waals surface area contributed by atoms with Crippen LogP contribution in [-0.4, -0.2) is 35.9 Å². The second kappa shape index (κ2) is 10.8. The van der Waals surface area contributed by atoms with E-state index in [0.29, 0.717) is 5.57 Å². The minimum atomic E-state index is -1.27. The van der Waals surface area contributed by atoms with Crippen LogP contribution in [0.1, 0.15) is 25.1 Å². The molecule has 2 heterocycles. The summed E-state index contributed by atoms with van der Waals surface area (Å²) in [6.07, 6.45) is 18.5. The van der Waals surface area contributed by atoms with Crippen LogP contribution in [0.25, 0.3) is 5.57 Å². The third-order valence-corrected chi connectivity index (χ3v) is 4.36. The molecule has 6 heteroatoms. The van der Waals surface area contributed by atoms with Gasteiger partial charge in [0.15, 0.2) is 0 Å². The molecule has 0 fully saturated rings. The molecule has 0 aliphatic carbocycles. The van der Waals surface area contributed by atoms with E-state index in [4.69, 9.17) is 0 Å². The normalized spacial score (nSPS) is 15.0. The average Bonchev–Trinajstić information content (AvgIpc) is 3.23. The maximum absolute atomic E-state index is 11.5. The highest BCUT2D eigenvalue weighted by molar-refractivity contribution is 5.74. The molecule has 0 aliphatic rings. The number of allylic oxidation sites excluding steroid dienone is 8. The molecule has 0 unspecified atom stereocenters. The topological polar surface area (TPSA) is 76.7 Å². The molecule has 0 spiro atoms. The van der Waals surface area contributed by atoms with E-state index < -0.39 is 5.60 Å². The number of nitrogens with zero attached hydrogens (tertiary/aromatic N) is 5. The molecule has 0 aromatic carbocycles. The van der Waals surface area contributed by atoms with Crippen LogP contribution in [0.4, 0.5) is 0 Å². The molecular formula is C23H27N5O. The van der Waals surface area contributed by atoms with E-state index in [1.165, 1.54) is 11.0 Å². The van der Waals surface area contributed by atoms with Crippen LogP contribution in [0.15, 0.2) is 92.0 Å². The summed E-state index contributed by atoms with van der Waals surface area (Å²) in [6.45, 7) is 11.8. The Kier molecular flexibility index (Phi) is 8.18. The average molecular weight is 390 g/mol. The van der Waals surface area contributed by atoms with E-state index in [1.54, 1.807) is 18.3 Å². The number of hydrogen-bond acceptors (Lipinski definition) is 5. The molecule has 2 rings (SSSR count). The van der Waals surface area contributed by atoms with Crippen molar-refractivity contribution in [2.45, 2.75) is 32.4 Å². The zero-order valence-electron chi connectivity index (χ0n) is 16.9. The fourth-order valence-corrected chi connectivity index (χ4v) is 2.86. The number of pyridine rings is 1. The lowest BCUT2D eigenvalue weighted by Crippen LogP contribution is -2.39. The summed E-state index contributed by atoms with van der Waals surface area (Å²) in [5.41, 5.74) is 2.07. The van der Waals surface area contributed by atoms with Crippen LogP contribution in [0, 0.1) is 0 Å². The lowest BCUT2D eigenvalue weighted by molar-refractivity contribution is 0.0581. The molecule has 2 aromatic heterocycles. The monoisotopic (exact) mass is 389 g/mol. The molecule has 2 aromatic rings. The second-order valence-corrected chi connectivity index (χ2v) is 6.46. The first-order valence-corrected chi connectivity index (χ1v) is 9.36. The quantitative estimate of drug-likeness (QED) is 0.624. The highest BCUT2D eigenvalue weighted by atomic mass is 16.3. The van der Waals surface area contributed by atoms with Crippen LogP contribution in [-0.2, 0) is 13.0 Å². The Morgan fingerprint density at radius 3 is 2.45 bits per heavy atom. The van der Waals surface area contributed by atoms with E-state index in [2.05, 4.69) is 33.7 Å². The van der Waals surface area contributed by atoms with Crippen molar-refractivity contribution >= 4 is 5.57 Å². The van der Waals surface area contributed by atoms with Gasteiger partial charge in [-0.15, -0.1) is 5.10 Å². The molecule has 150 valence electrons. The smallest absolute Gasteiger partial charge is 0.138 e. The molecule has 0 bridgehead atoms. The molecule has 6 nitrogen and oxygen atoms in total. The van der Waals surface area contributed by atoms with Crippen molar-refractivity contribution in [2.75, 3.05) is 0 Å². The molecule has 0 saturated carbocycles. The Bertz CT molecular complexity index is 921. The Morgan fingerprint density at radius 2 is 1.90 bits per heavy atom. The van der Waals surface area contributed by atoms with E-state index in [1.807, 2.05) is 62.4 Å². The number of aromatic nitrogens is 5. The first-order valence-electron chi connectivity index (χ1n) is 9.36. The summed E-state index contributed by atoms with van der Waals surface area (Å²) < 4.78 is 1.50.